The lowest BCUT2D eigenvalue weighted by molar-refractivity contribution is 0.590. The molecule has 0 saturated carbocycles. The minimum Gasteiger partial charge on any atom is -0.310 e. The van der Waals surface area contributed by atoms with E-state index in [9.17, 15) is 10.5 Å². The van der Waals surface area contributed by atoms with Gasteiger partial charge >= 0.3 is 0 Å². The van der Waals surface area contributed by atoms with Crippen molar-refractivity contribution in [3.8, 4) is 146 Å². The van der Waals surface area contributed by atoms with Crippen LogP contribution in [0.25, 0.3) is 134 Å². The standard InChI is InChI=1S/C108H75BN4/c1-108(2,3)92-68-103-105-104(69-92)113(107-97(86-50-28-46-80(60-86)74-34-14-6-15-35-74)64-91(94-53-25-23-43-89(94)71-111)65-98(107)87-51-29-47-81(61-87)75-36-16-7-17-37-75)102-57-55-83(77-40-20-9-21-41-77)67-100(102)109(105)99-66-82(76-38-18-8-19-39-76)54-56-101(99)112(103)106-95(84-48-26-44-78(58-84)72-30-10-4-11-31-72)62-90(93-52-24-22-42-88(93)70-110)63-96(106)85-49-27-45-79(59-85)73-32-12-5-13-33-73/h4-69H,1-3H3. The van der Waals surface area contributed by atoms with Crippen LogP contribution in [0.4, 0.5) is 34.1 Å². The van der Waals surface area contributed by atoms with Crippen molar-refractivity contribution in [1.29, 1.82) is 10.5 Å². The number of fused-ring (bicyclic) bond motifs is 4. The van der Waals surface area contributed by atoms with Crippen LogP contribution in [0.3, 0.4) is 0 Å². The van der Waals surface area contributed by atoms with Gasteiger partial charge in [0.1, 0.15) is 0 Å². The first kappa shape index (κ1) is 68.9. The summed E-state index contributed by atoms with van der Waals surface area (Å²) in [7, 11) is 0. The third-order valence-electron chi connectivity index (χ3n) is 22.7. The lowest BCUT2D eigenvalue weighted by atomic mass is 9.33. The van der Waals surface area contributed by atoms with Crippen LogP contribution in [0.2, 0.25) is 0 Å². The van der Waals surface area contributed by atoms with Crippen LogP contribution in [0.15, 0.2) is 400 Å². The predicted molar refractivity (Wildman–Crippen MR) is 474 cm³/mol. The van der Waals surface area contributed by atoms with Crippen LogP contribution >= 0.6 is 0 Å². The number of hydrogen-bond donors (Lipinski definition) is 0. The second-order valence-electron chi connectivity index (χ2n) is 30.5. The molecule has 2 aliphatic rings. The van der Waals surface area contributed by atoms with Gasteiger partial charge in [-0.3, -0.25) is 0 Å². The molecule has 17 aromatic rings. The maximum absolute atomic E-state index is 11.2. The van der Waals surface area contributed by atoms with Gasteiger partial charge in [-0.2, -0.15) is 10.5 Å². The molecule has 2 heterocycles. The molecule has 0 atom stereocenters. The zero-order valence-corrected chi connectivity index (χ0v) is 63.0. The van der Waals surface area contributed by atoms with E-state index in [4.69, 9.17) is 0 Å². The van der Waals surface area contributed by atoms with E-state index in [1.165, 1.54) is 0 Å². The molecule has 0 N–H and O–H groups in total. The normalized spacial score (nSPS) is 12.0. The highest BCUT2D eigenvalue weighted by Gasteiger charge is 2.46. The fourth-order valence-corrected chi connectivity index (χ4v) is 17.1. The van der Waals surface area contributed by atoms with E-state index < -0.39 is 5.41 Å². The van der Waals surface area contributed by atoms with Crippen LogP contribution in [0, 0.1) is 22.7 Å². The van der Waals surface area contributed by atoms with E-state index in [2.05, 4.69) is 407 Å². The summed E-state index contributed by atoms with van der Waals surface area (Å²) in [5.41, 5.74) is 36.3. The van der Waals surface area contributed by atoms with E-state index in [0.29, 0.717) is 11.1 Å². The zero-order chi connectivity index (χ0) is 76.1. The van der Waals surface area contributed by atoms with Crippen LogP contribution in [-0.2, 0) is 5.41 Å². The summed E-state index contributed by atoms with van der Waals surface area (Å²) in [5, 5.41) is 22.4. The van der Waals surface area contributed by atoms with Gasteiger partial charge in [-0.15, -0.1) is 0 Å². The maximum atomic E-state index is 11.2. The fourth-order valence-electron chi connectivity index (χ4n) is 17.1. The number of benzene rings is 17. The Bertz CT molecular complexity index is 6010. The first-order valence-electron chi connectivity index (χ1n) is 38.7. The van der Waals surface area contributed by atoms with Crippen LogP contribution in [0.1, 0.15) is 37.5 Å². The van der Waals surface area contributed by atoms with Crippen molar-refractivity contribution >= 4 is 57.2 Å². The molecule has 4 nitrogen and oxygen atoms in total. The molecular formula is C108H75BN4. The smallest absolute Gasteiger partial charge is 0.252 e. The summed E-state index contributed by atoms with van der Waals surface area (Å²) in [6.45, 7) is 6.70. The first-order chi connectivity index (χ1) is 55.6. The van der Waals surface area contributed by atoms with E-state index in [1.807, 2.05) is 36.4 Å². The molecule has 0 aliphatic carbocycles. The highest BCUT2D eigenvalue weighted by molar-refractivity contribution is 7.00. The van der Waals surface area contributed by atoms with Crippen LogP contribution < -0.4 is 26.2 Å². The largest absolute Gasteiger partial charge is 0.310 e. The van der Waals surface area contributed by atoms with Gasteiger partial charge in [-0.05, 0) is 224 Å². The third-order valence-corrected chi connectivity index (χ3v) is 22.7. The number of nitriles is 2. The minimum atomic E-state index is -0.428. The summed E-state index contributed by atoms with van der Waals surface area (Å²) >= 11 is 0. The van der Waals surface area contributed by atoms with Gasteiger partial charge in [-0.1, -0.05) is 336 Å². The molecule has 0 bridgehead atoms. The molecule has 2 aliphatic heterocycles. The van der Waals surface area contributed by atoms with E-state index >= 15 is 0 Å². The highest BCUT2D eigenvalue weighted by atomic mass is 15.2. The summed E-state index contributed by atoms with van der Waals surface area (Å²) in [6, 6.07) is 151. The lowest BCUT2D eigenvalue weighted by Crippen LogP contribution is -2.61. The third kappa shape index (κ3) is 12.8. The number of nitrogens with zero attached hydrogens (tertiary/aromatic N) is 4. The Morgan fingerprint density at radius 2 is 0.478 bits per heavy atom. The zero-order valence-electron chi connectivity index (χ0n) is 63.0. The number of hydrogen-bond acceptors (Lipinski definition) is 4. The molecule has 530 valence electrons. The number of rotatable bonds is 14. The van der Waals surface area contributed by atoms with Crippen molar-refractivity contribution in [3.05, 3.63) is 417 Å². The first-order valence-corrected chi connectivity index (χ1v) is 38.7. The van der Waals surface area contributed by atoms with Crippen molar-refractivity contribution < 1.29 is 0 Å². The van der Waals surface area contributed by atoms with Crippen LogP contribution in [0.5, 0.6) is 0 Å². The van der Waals surface area contributed by atoms with Gasteiger partial charge in [0.2, 0.25) is 0 Å². The van der Waals surface area contributed by atoms with Gasteiger partial charge in [0.15, 0.2) is 0 Å². The van der Waals surface area contributed by atoms with Gasteiger partial charge < -0.3 is 9.80 Å². The predicted octanol–water partition coefficient (Wildman–Crippen LogP) is 26.8. The lowest BCUT2D eigenvalue weighted by Gasteiger charge is -2.46. The Kier molecular flexibility index (Phi) is 17.7. The minimum absolute atomic E-state index is 0.355. The second kappa shape index (κ2) is 29.1. The van der Waals surface area contributed by atoms with Gasteiger partial charge in [0, 0.05) is 45.0 Å². The summed E-state index contributed by atoms with van der Waals surface area (Å²) < 4.78 is 0. The Balaban J connectivity index is 1.00. The molecule has 19 rings (SSSR count). The van der Waals surface area contributed by atoms with Crippen molar-refractivity contribution in [2.45, 2.75) is 26.2 Å². The molecule has 113 heavy (non-hydrogen) atoms. The molecule has 5 heteroatoms. The van der Waals surface area contributed by atoms with Crippen LogP contribution in [-0.4, -0.2) is 6.71 Å². The topological polar surface area (TPSA) is 54.1 Å². The molecule has 0 saturated heterocycles. The quantitative estimate of drug-likeness (QED) is 0.102. The highest BCUT2D eigenvalue weighted by Crippen LogP contribution is 2.56. The van der Waals surface area contributed by atoms with E-state index in [0.717, 1.165) is 190 Å². The Hall–Kier alpha value is -14.6. The molecular weight excluding hydrogens is 1360 g/mol. The Morgan fingerprint density at radius 3 is 0.761 bits per heavy atom. The fraction of sp³-hybridized carbons (Fsp3) is 0.0370. The Labute approximate surface area is 662 Å². The second-order valence-corrected chi connectivity index (χ2v) is 30.5. The maximum Gasteiger partial charge on any atom is 0.252 e. The summed E-state index contributed by atoms with van der Waals surface area (Å²) in [4.78, 5) is 5.29. The number of anilines is 6. The van der Waals surface area contributed by atoms with Crippen molar-refractivity contribution in [1.82, 2.24) is 0 Å². The molecule has 17 aromatic carbocycles. The average molecular weight is 1440 g/mol. The molecule has 0 unspecified atom stereocenters. The summed E-state index contributed by atoms with van der Waals surface area (Å²) in [6.07, 6.45) is 0. The SMILES string of the molecule is CC(C)(C)c1cc2c3c(c1)N(c1c(-c4cccc(-c5ccccc5)c4)cc(-c4ccccc4C#N)cc1-c1cccc(-c4ccccc4)c1)c1ccc(-c4ccccc4)cc1B3c1cc(-c3ccccc3)ccc1N2c1c(-c2cccc(-c3ccccc3)c2)cc(-c2ccccc2C#N)cc1-c1cccc(-c2ccccc2)c1. The van der Waals surface area contributed by atoms with Crippen molar-refractivity contribution in [2.24, 2.45) is 0 Å². The molecule has 0 fully saturated rings. The summed E-state index contributed by atoms with van der Waals surface area (Å²) in [5.74, 6) is 0. The van der Waals surface area contributed by atoms with E-state index in [-0.39, 0.29) is 6.71 Å². The Morgan fingerprint density at radius 1 is 0.221 bits per heavy atom. The van der Waals surface area contributed by atoms with Crippen molar-refractivity contribution in [2.75, 3.05) is 9.80 Å². The average Bonchev–Trinajstić information content (AvgIpc) is 0.685. The van der Waals surface area contributed by atoms with Gasteiger partial charge in [0.25, 0.3) is 6.71 Å². The van der Waals surface area contributed by atoms with Crippen molar-refractivity contribution in [3.63, 3.8) is 0 Å². The molecule has 0 amide bonds. The molecule has 0 radical (unpaired) electrons. The van der Waals surface area contributed by atoms with E-state index in [1.54, 1.807) is 0 Å². The molecule has 0 aromatic heterocycles. The van der Waals surface area contributed by atoms with Gasteiger partial charge in [-0.25, -0.2) is 0 Å². The monoisotopic (exact) mass is 1440 g/mol. The van der Waals surface area contributed by atoms with Gasteiger partial charge in [0.05, 0.1) is 34.6 Å². The molecule has 0 spiro atoms.